The molecule has 0 aromatic rings. The quantitative estimate of drug-likeness (QED) is 0.277. The second-order valence-electron chi connectivity index (χ2n) is 7.34. The Morgan fingerprint density at radius 3 is 1.27 bits per heavy atom. The van der Waals surface area contributed by atoms with Crippen molar-refractivity contribution in [3.63, 3.8) is 0 Å². The number of esters is 2. The molecule has 10 nitrogen and oxygen atoms in total. The van der Waals surface area contributed by atoms with Crippen molar-refractivity contribution in [2.24, 2.45) is 11.8 Å². The van der Waals surface area contributed by atoms with Crippen LogP contribution >= 0.6 is 0 Å². The molecule has 0 saturated carbocycles. The maximum atomic E-state index is 11.8. The van der Waals surface area contributed by atoms with Crippen molar-refractivity contribution < 1.29 is 35.9 Å². The van der Waals surface area contributed by atoms with Crippen molar-refractivity contribution in [3.8, 4) is 0 Å². The van der Waals surface area contributed by atoms with Crippen LogP contribution in [0, 0.1) is 11.8 Å². The van der Waals surface area contributed by atoms with Crippen LogP contribution < -0.4 is 9.44 Å². The SMILES string of the molecule is CCS(=O)(=O)N[C@@H](COC(=O)/C=C/C(=O)OC[C@H](NS(=O)(=O)CC)C(C)C)C(C)C. The summed E-state index contributed by atoms with van der Waals surface area (Å²) in [5.41, 5.74) is 0. The van der Waals surface area contributed by atoms with Crippen LogP contribution in [0.25, 0.3) is 0 Å². The average molecular weight is 471 g/mol. The van der Waals surface area contributed by atoms with E-state index in [1.807, 2.05) is 0 Å². The molecule has 0 aliphatic rings. The van der Waals surface area contributed by atoms with Gasteiger partial charge in [-0.2, -0.15) is 0 Å². The first-order valence-electron chi connectivity index (χ1n) is 9.74. The van der Waals surface area contributed by atoms with Crippen molar-refractivity contribution in [2.45, 2.75) is 53.6 Å². The topological polar surface area (TPSA) is 145 Å². The Morgan fingerprint density at radius 1 is 0.733 bits per heavy atom. The molecule has 0 saturated heterocycles. The molecule has 0 aliphatic heterocycles. The first kappa shape index (κ1) is 28.5. The Balaban J connectivity index is 4.67. The minimum atomic E-state index is -3.46. The standard InChI is InChI=1S/C18H34N2O8S2/c1-7-29(23,24)19-15(13(3)4)11-27-17(21)9-10-18(22)28-12-16(14(5)6)20-30(25,26)8-2/h9-10,13-16,19-20H,7-8,11-12H2,1-6H3/b10-9+/t15-,16-/m0/s1. The van der Waals surface area contributed by atoms with Crippen molar-refractivity contribution in [2.75, 3.05) is 24.7 Å². The largest absolute Gasteiger partial charge is 0.461 e. The summed E-state index contributed by atoms with van der Waals surface area (Å²) in [6.45, 7) is 9.73. The van der Waals surface area contributed by atoms with Gasteiger partial charge in [0.05, 0.1) is 23.6 Å². The van der Waals surface area contributed by atoms with E-state index in [9.17, 15) is 26.4 Å². The summed E-state index contributed by atoms with van der Waals surface area (Å²) in [7, 11) is -6.91. The van der Waals surface area contributed by atoms with Crippen LogP contribution in [-0.4, -0.2) is 65.6 Å². The third-order valence-electron chi connectivity index (χ3n) is 4.20. The molecule has 0 rings (SSSR count). The maximum Gasteiger partial charge on any atom is 0.331 e. The van der Waals surface area contributed by atoms with Gasteiger partial charge in [-0.15, -0.1) is 0 Å². The summed E-state index contributed by atoms with van der Waals surface area (Å²) in [4.78, 5) is 23.6. The first-order valence-corrected chi connectivity index (χ1v) is 13.0. The Bertz CT molecular complexity index is 723. The number of carbonyl (C=O) groups excluding carboxylic acids is 2. The number of hydrogen-bond acceptors (Lipinski definition) is 8. The van der Waals surface area contributed by atoms with Gasteiger partial charge in [0.2, 0.25) is 20.0 Å². The molecule has 0 amide bonds. The molecular weight excluding hydrogens is 436 g/mol. The molecule has 0 fully saturated rings. The van der Waals surface area contributed by atoms with Crippen LogP contribution in [0.1, 0.15) is 41.5 Å². The molecule has 12 heteroatoms. The fourth-order valence-corrected chi connectivity index (χ4v) is 3.87. The van der Waals surface area contributed by atoms with Gasteiger partial charge in [0.25, 0.3) is 0 Å². The van der Waals surface area contributed by atoms with E-state index in [2.05, 4.69) is 9.44 Å². The molecule has 0 aromatic carbocycles. The van der Waals surface area contributed by atoms with Crippen molar-refractivity contribution in [1.29, 1.82) is 0 Å². The summed E-state index contributed by atoms with van der Waals surface area (Å²) in [5.74, 6) is -2.09. The minimum absolute atomic E-state index is 0.0955. The van der Waals surface area contributed by atoms with Crippen molar-refractivity contribution in [3.05, 3.63) is 12.2 Å². The molecule has 30 heavy (non-hydrogen) atoms. The zero-order valence-corrected chi connectivity index (χ0v) is 20.0. The lowest BCUT2D eigenvalue weighted by molar-refractivity contribution is -0.141. The number of nitrogens with one attached hydrogen (secondary N) is 2. The van der Waals surface area contributed by atoms with Gasteiger partial charge in [-0.05, 0) is 25.7 Å². The Morgan fingerprint density at radius 2 is 1.03 bits per heavy atom. The Labute approximate surface area is 179 Å². The molecule has 0 unspecified atom stereocenters. The summed E-state index contributed by atoms with van der Waals surface area (Å²) >= 11 is 0. The van der Waals surface area contributed by atoms with E-state index in [-0.39, 0.29) is 36.6 Å². The number of carbonyl (C=O) groups is 2. The van der Waals surface area contributed by atoms with Gasteiger partial charge >= 0.3 is 11.9 Å². The van der Waals surface area contributed by atoms with Crippen LogP contribution in [0.5, 0.6) is 0 Å². The highest BCUT2D eigenvalue weighted by molar-refractivity contribution is 7.89. The van der Waals surface area contributed by atoms with Gasteiger partial charge in [0.15, 0.2) is 0 Å². The van der Waals surface area contributed by atoms with Gasteiger partial charge in [-0.1, -0.05) is 27.7 Å². The van der Waals surface area contributed by atoms with E-state index >= 15 is 0 Å². The van der Waals surface area contributed by atoms with E-state index in [0.717, 1.165) is 12.2 Å². The van der Waals surface area contributed by atoms with Crippen LogP contribution in [0.15, 0.2) is 12.2 Å². The summed E-state index contributed by atoms with van der Waals surface area (Å²) in [6.07, 6.45) is 1.74. The lowest BCUT2D eigenvalue weighted by atomic mass is 10.1. The van der Waals surface area contributed by atoms with Gasteiger partial charge in [0.1, 0.15) is 13.2 Å². The van der Waals surface area contributed by atoms with E-state index in [1.165, 1.54) is 13.8 Å². The van der Waals surface area contributed by atoms with Crippen molar-refractivity contribution in [1.82, 2.24) is 9.44 Å². The van der Waals surface area contributed by atoms with Crippen molar-refractivity contribution >= 4 is 32.0 Å². The molecule has 0 bridgehead atoms. The third-order valence-corrected chi connectivity index (χ3v) is 7.04. The van der Waals surface area contributed by atoms with Crippen LogP contribution in [-0.2, 0) is 39.1 Å². The Kier molecular flexibility index (Phi) is 12.4. The van der Waals surface area contributed by atoms with E-state index in [4.69, 9.17) is 9.47 Å². The highest BCUT2D eigenvalue weighted by atomic mass is 32.2. The zero-order chi connectivity index (χ0) is 23.5. The lowest BCUT2D eigenvalue weighted by Crippen LogP contribution is -2.43. The smallest absolute Gasteiger partial charge is 0.331 e. The van der Waals surface area contributed by atoms with Crippen LogP contribution in [0.3, 0.4) is 0 Å². The highest BCUT2D eigenvalue weighted by Crippen LogP contribution is 2.06. The number of sulfonamides is 2. The van der Waals surface area contributed by atoms with Gasteiger partial charge in [-0.3, -0.25) is 0 Å². The molecular formula is C18H34N2O8S2. The molecule has 2 atom stereocenters. The minimum Gasteiger partial charge on any atom is -0.461 e. The fraction of sp³-hybridized carbons (Fsp3) is 0.778. The number of ether oxygens (including phenoxy) is 2. The van der Waals surface area contributed by atoms with E-state index < -0.39 is 44.1 Å². The van der Waals surface area contributed by atoms with E-state index in [1.54, 1.807) is 27.7 Å². The predicted octanol–water partition coefficient (Wildman–Crippen LogP) is 0.557. The monoisotopic (exact) mass is 470 g/mol. The van der Waals surface area contributed by atoms with Gasteiger partial charge in [0, 0.05) is 12.2 Å². The molecule has 0 aliphatic carbocycles. The summed E-state index contributed by atoms with van der Waals surface area (Å²) in [6, 6.07) is -1.20. The average Bonchev–Trinajstić information content (AvgIpc) is 2.66. The van der Waals surface area contributed by atoms with Gasteiger partial charge < -0.3 is 9.47 Å². The Hall–Kier alpha value is -1.50. The normalized spacial score (nSPS) is 14.8. The second-order valence-corrected chi connectivity index (χ2v) is 11.4. The lowest BCUT2D eigenvalue weighted by Gasteiger charge is -2.21. The number of rotatable bonds is 14. The predicted molar refractivity (Wildman–Crippen MR) is 114 cm³/mol. The molecule has 2 N–H and O–H groups in total. The molecule has 0 aromatic heterocycles. The molecule has 0 heterocycles. The number of hydrogen-bond donors (Lipinski definition) is 2. The fourth-order valence-electron chi connectivity index (χ4n) is 1.93. The molecule has 0 spiro atoms. The highest BCUT2D eigenvalue weighted by Gasteiger charge is 2.22. The van der Waals surface area contributed by atoms with Gasteiger partial charge in [-0.25, -0.2) is 35.9 Å². The summed E-state index contributed by atoms with van der Waals surface area (Å²) in [5, 5.41) is 0. The summed E-state index contributed by atoms with van der Waals surface area (Å²) < 4.78 is 61.6. The van der Waals surface area contributed by atoms with Crippen LogP contribution in [0.2, 0.25) is 0 Å². The molecule has 176 valence electrons. The van der Waals surface area contributed by atoms with E-state index in [0.29, 0.717) is 0 Å². The zero-order valence-electron chi connectivity index (χ0n) is 18.4. The van der Waals surface area contributed by atoms with Crippen LogP contribution in [0.4, 0.5) is 0 Å². The maximum absolute atomic E-state index is 11.8. The molecule has 0 radical (unpaired) electrons. The third kappa shape index (κ3) is 12.3. The second kappa shape index (κ2) is 13.0. The first-order chi connectivity index (χ1) is 13.7.